The molecule has 1 aliphatic carbocycles. The normalized spacial score (nSPS) is 19.8. The molecule has 2 saturated heterocycles. The van der Waals surface area contributed by atoms with E-state index >= 15 is 0 Å². The third kappa shape index (κ3) is 9.01. The Morgan fingerprint density at radius 3 is 2.48 bits per heavy atom. The highest BCUT2D eigenvalue weighted by Gasteiger charge is 2.47. The number of aromatic amines is 1. The Bertz CT molecular complexity index is 2870. The maximum absolute atomic E-state index is 14.6. The summed E-state index contributed by atoms with van der Waals surface area (Å²) < 4.78 is 41.0. The predicted octanol–water partition coefficient (Wildman–Crippen LogP) is 7.81. The molecule has 4 aliphatic rings. The van der Waals surface area contributed by atoms with Crippen LogP contribution in [0.3, 0.4) is 0 Å². The van der Waals surface area contributed by atoms with Crippen LogP contribution in [0.2, 0.25) is 5.02 Å². The van der Waals surface area contributed by atoms with Crippen LogP contribution in [0.1, 0.15) is 68.6 Å². The number of nitrogens with one attached hydrogen (secondary N) is 3. The van der Waals surface area contributed by atoms with E-state index in [4.69, 9.17) is 26.1 Å². The van der Waals surface area contributed by atoms with E-state index in [-0.39, 0.29) is 40.9 Å². The number of rotatable bonds is 12. The molecule has 66 heavy (non-hydrogen) atoms. The van der Waals surface area contributed by atoms with Crippen molar-refractivity contribution in [1.29, 1.82) is 0 Å². The highest BCUT2D eigenvalue weighted by atomic mass is 35.5. The zero-order valence-electron chi connectivity index (χ0n) is 37.4. The number of piperazine rings is 1. The number of allylic oxidation sites excluding steroid dienone is 1. The van der Waals surface area contributed by atoms with E-state index in [0.717, 1.165) is 56.0 Å². The molecule has 16 nitrogen and oxygen atoms in total. The van der Waals surface area contributed by atoms with Gasteiger partial charge in [-0.05, 0) is 104 Å². The summed E-state index contributed by atoms with van der Waals surface area (Å²) in [6.45, 7) is 13.3. The lowest BCUT2D eigenvalue weighted by Gasteiger charge is -2.39. The quantitative estimate of drug-likeness (QED) is 0.0813. The predicted molar refractivity (Wildman–Crippen MR) is 254 cm³/mol. The first-order chi connectivity index (χ1) is 31.5. The van der Waals surface area contributed by atoms with Gasteiger partial charge in [-0.15, -0.1) is 0 Å². The van der Waals surface area contributed by atoms with Gasteiger partial charge in [-0.1, -0.05) is 43.2 Å². The molecule has 0 saturated carbocycles. The lowest BCUT2D eigenvalue weighted by molar-refractivity contribution is -0.384. The minimum absolute atomic E-state index is 0.0786. The van der Waals surface area contributed by atoms with Crippen LogP contribution in [0.25, 0.3) is 16.6 Å². The molecule has 2 amide bonds. The third-order valence-corrected chi connectivity index (χ3v) is 14.8. The zero-order chi connectivity index (χ0) is 46.5. The molecule has 3 aliphatic heterocycles. The van der Waals surface area contributed by atoms with E-state index < -0.39 is 36.9 Å². The second-order valence-electron chi connectivity index (χ2n) is 18.8. The second-order valence-corrected chi connectivity index (χ2v) is 20.9. The number of nitrogens with zero attached hydrogens (tertiary/aromatic N) is 5. The number of carbonyl (C=O) groups is 2. The van der Waals surface area contributed by atoms with Crippen molar-refractivity contribution < 1.29 is 32.4 Å². The first-order valence-electron chi connectivity index (χ1n) is 22.2. The van der Waals surface area contributed by atoms with Crippen LogP contribution < -0.4 is 19.8 Å². The molecule has 0 bridgehead atoms. The highest BCUT2D eigenvalue weighted by Crippen LogP contribution is 2.48. The van der Waals surface area contributed by atoms with Gasteiger partial charge in [0.05, 0.1) is 63.8 Å². The fourth-order valence-electron chi connectivity index (χ4n) is 9.42. The summed E-state index contributed by atoms with van der Waals surface area (Å²) in [6, 6.07) is 20.2. The Kier molecular flexibility index (Phi) is 12.2. The monoisotopic (exact) mass is 936 g/mol. The number of halogens is 1. The van der Waals surface area contributed by atoms with Gasteiger partial charge in [-0.25, -0.2) is 18.1 Å². The molecule has 5 heterocycles. The number of pyridine rings is 1. The topological polar surface area (TPSA) is 192 Å². The van der Waals surface area contributed by atoms with Gasteiger partial charge in [-0.3, -0.25) is 29.5 Å². The van der Waals surface area contributed by atoms with Gasteiger partial charge in [0.2, 0.25) is 5.91 Å². The van der Waals surface area contributed by atoms with Crippen molar-refractivity contribution in [3.8, 4) is 0 Å². The molecule has 346 valence electrons. The zero-order valence-corrected chi connectivity index (χ0v) is 38.9. The van der Waals surface area contributed by atoms with E-state index in [1.807, 2.05) is 24.3 Å². The maximum atomic E-state index is 14.6. The van der Waals surface area contributed by atoms with Crippen molar-refractivity contribution in [2.75, 3.05) is 74.2 Å². The Balaban J connectivity index is 1.00. The molecule has 1 atom stereocenters. The largest absolute Gasteiger partial charge is 0.377 e. The molecule has 3 N–H and O–H groups in total. The average molecular weight is 938 g/mol. The maximum Gasteiger partial charge on any atom is 0.293 e. The lowest BCUT2D eigenvalue weighted by Crippen LogP contribution is -2.47. The molecule has 5 aromatic rings. The van der Waals surface area contributed by atoms with Crippen molar-refractivity contribution in [2.45, 2.75) is 63.4 Å². The van der Waals surface area contributed by atoms with Crippen molar-refractivity contribution in [3.05, 3.63) is 117 Å². The fraction of sp³-hybridized carbons (Fsp3) is 0.396. The van der Waals surface area contributed by atoms with E-state index in [2.05, 4.69) is 50.8 Å². The van der Waals surface area contributed by atoms with E-state index in [9.17, 15) is 28.1 Å². The van der Waals surface area contributed by atoms with Gasteiger partial charge in [0.15, 0.2) is 0 Å². The summed E-state index contributed by atoms with van der Waals surface area (Å²) in [5, 5.41) is 16.6. The smallest absolute Gasteiger partial charge is 0.293 e. The number of hydrogen-bond acceptors (Lipinski definition) is 12. The molecule has 18 heteroatoms. The van der Waals surface area contributed by atoms with E-state index in [1.54, 1.807) is 32.2 Å². The number of benzene rings is 3. The number of H-pyrrole nitrogens is 1. The Labute approximate surface area is 388 Å². The standard InChI is InChI=1S/C48H53ClN8O8S/c1-47(2)15-13-32(38(26-47)30-5-7-33(49)8-6-30)28-54-17-19-55(20-18-54)34-9-11-37(40(24-34)56-42-23-31-14-16-50-44(31)52-43(42)48(3,4)46(56)59)45(58)53-66(62,63)36-10-12-39(41(25-36)57(60)61)51-27-35-29-64-21-22-65-35/h5-12,14,16,23-25,35,51H,13,15,17-22,26-29H2,1-4H3,(H,50,52)(H,53,58). The second kappa shape index (κ2) is 17.8. The fourth-order valence-corrected chi connectivity index (χ4v) is 10.5. The Hall–Kier alpha value is -5.85. The van der Waals surface area contributed by atoms with E-state index in [1.165, 1.54) is 39.8 Å². The van der Waals surface area contributed by atoms with Gasteiger partial charge < -0.3 is 24.7 Å². The molecular formula is C48H53ClN8O8S. The van der Waals surface area contributed by atoms with Crippen LogP contribution in [-0.2, 0) is 29.7 Å². The molecule has 0 radical (unpaired) electrons. The molecular weight excluding hydrogens is 884 g/mol. The Morgan fingerprint density at radius 1 is 0.985 bits per heavy atom. The summed E-state index contributed by atoms with van der Waals surface area (Å²) >= 11 is 6.26. The minimum Gasteiger partial charge on any atom is -0.377 e. The van der Waals surface area contributed by atoms with Crippen LogP contribution in [-0.4, -0.2) is 105 Å². The van der Waals surface area contributed by atoms with Crippen molar-refractivity contribution in [3.63, 3.8) is 0 Å². The van der Waals surface area contributed by atoms with Gasteiger partial charge in [0, 0.05) is 67.6 Å². The van der Waals surface area contributed by atoms with Gasteiger partial charge in [-0.2, -0.15) is 0 Å². The van der Waals surface area contributed by atoms with Gasteiger partial charge in [0.25, 0.3) is 21.6 Å². The number of hydrogen-bond donors (Lipinski definition) is 3. The molecule has 0 spiro atoms. The minimum atomic E-state index is -4.68. The number of ether oxygens (including phenoxy) is 2. The molecule has 2 fully saturated rings. The molecule has 9 rings (SSSR count). The number of anilines is 4. The van der Waals surface area contributed by atoms with Crippen LogP contribution in [0, 0.1) is 15.5 Å². The lowest BCUT2D eigenvalue weighted by atomic mass is 9.72. The number of amides is 2. The van der Waals surface area contributed by atoms with Gasteiger partial charge >= 0.3 is 0 Å². The number of aromatic nitrogens is 2. The number of sulfonamides is 1. The molecule has 3 aromatic carbocycles. The summed E-state index contributed by atoms with van der Waals surface area (Å²) in [5.41, 5.74) is 5.14. The van der Waals surface area contributed by atoms with Crippen LogP contribution in [0.5, 0.6) is 0 Å². The summed E-state index contributed by atoms with van der Waals surface area (Å²) in [7, 11) is -4.68. The summed E-state index contributed by atoms with van der Waals surface area (Å²) in [5.74, 6) is -1.36. The van der Waals surface area contributed by atoms with Crippen LogP contribution >= 0.6 is 11.6 Å². The molecule has 2 aromatic heterocycles. The third-order valence-electron chi connectivity index (χ3n) is 13.2. The Morgan fingerprint density at radius 2 is 1.76 bits per heavy atom. The van der Waals surface area contributed by atoms with Gasteiger partial charge in [0.1, 0.15) is 11.3 Å². The highest BCUT2D eigenvalue weighted by molar-refractivity contribution is 7.90. The van der Waals surface area contributed by atoms with Crippen LogP contribution in [0.4, 0.5) is 28.4 Å². The first-order valence-corrected chi connectivity index (χ1v) is 24.0. The molecule has 1 unspecified atom stereocenters. The van der Waals surface area contributed by atoms with E-state index in [0.29, 0.717) is 55.0 Å². The van der Waals surface area contributed by atoms with Crippen molar-refractivity contribution in [1.82, 2.24) is 19.6 Å². The summed E-state index contributed by atoms with van der Waals surface area (Å²) in [4.78, 5) is 54.0. The number of carbonyl (C=O) groups excluding carboxylic acids is 2. The summed E-state index contributed by atoms with van der Waals surface area (Å²) in [6.07, 6.45) is 4.53. The van der Waals surface area contributed by atoms with Crippen molar-refractivity contribution >= 4 is 78.5 Å². The van der Waals surface area contributed by atoms with Crippen molar-refractivity contribution in [2.24, 2.45) is 5.41 Å². The first kappa shape index (κ1) is 45.3. The van der Waals surface area contributed by atoms with Crippen LogP contribution in [0.15, 0.2) is 89.5 Å². The average Bonchev–Trinajstić information content (AvgIpc) is 3.84. The number of nitro benzene ring substituents is 1. The number of fused-ring (bicyclic) bond motifs is 2. The SMILES string of the molecule is CC1(C)CCC(CN2CCN(c3ccc(C(=O)NS(=O)(=O)c4ccc(NCC5COCCO5)c([N+](=O)[O-])c4)c(N4C(=O)C(C)(C)c5nc6[nH]ccc6cc54)c3)CC2)=C(c2ccc(Cl)cc2)C1. The number of nitro groups is 1.